The maximum absolute atomic E-state index is 7.51. The van der Waals surface area contributed by atoms with Gasteiger partial charge in [-0.3, -0.25) is 0 Å². The lowest BCUT2D eigenvalue weighted by Crippen LogP contribution is -2.29. The van der Waals surface area contributed by atoms with Gasteiger partial charge in [0, 0.05) is 44.0 Å². The van der Waals surface area contributed by atoms with Crippen LogP contribution in [0.4, 0.5) is 34.1 Å². The van der Waals surface area contributed by atoms with E-state index in [1.807, 2.05) is 0 Å². The van der Waals surface area contributed by atoms with E-state index in [1.165, 1.54) is 130 Å². The van der Waals surface area contributed by atoms with Gasteiger partial charge in [-0.1, -0.05) is 275 Å². The Balaban J connectivity index is 0.911. The molecule has 0 atom stereocenters. The standard InChI is InChI=1S/C89H70N2O2/c1-7-27-59(28-8-1)63-35-21-41-67(55-63)90(81-51-25-49-76-74-47-23-45-70(85(74)92-87(76)81)61-31-11-3-12-32-61)69-53-54-78-79(57-69)89(65-37-15-5-16-38-65,66-39-17-6-18-40-66)80-58-83(72-43-19-20-44-73(72)84(78)80)91(68-42-22-36-64(56-68)60-29-9-2-10-30-60)82-52-26-50-77-75-48-24-46-71(86(75)93-88(77)82)62-33-13-4-14-34-62/h1-2,5-10,15-30,35-58,61-62H,3-4,11-14,31-34H2. The van der Waals surface area contributed by atoms with E-state index in [0.717, 1.165) is 89.3 Å². The summed E-state index contributed by atoms with van der Waals surface area (Å²) in [7, 11) is 0. The van der Waals surface area contributed by atoms with E-state index < -0.39 is 5.41 Å². The van der Waals surface area contributed by atoms with Crippen LogP contribution in [-0.2, 0) is 5.41 Å². The van der Waals surface area contributed by atoms with E-state index in [9.17, 15) is 0 Å². The number of benzene rings is 13. The topological polar surface area (TPSA) is 32.8 Å². The molecule has 2 heterocycles. The van der Waals surface area contributed by atoms with Gasteiger partial charge in [-0.2, -0.15) is 0 Å². The minimum Gasteiger partial charge on any atom is -0.454 e. The van der Waals surface area contributed by atoms with Crippen molar-refractivity contribution in [2.75, 3.05) is 9.80 Å². The van der Waals surface area contributed by atoms with Crippen LogP contribution in [-0.4, -0.2) is 0 Å². The zero-order valence-corrected chi connectivity index (χ0v) is 52.1. The highest BCUT2D eigenvalue weighted by atomic mass is 16.3. The molecule has 0 spiro atoms. The fourth-order valence-corrected chi connectivity index (χ4v) is 16.9. The Kier molecular flexibility index (Phi) is 13.6. The lowest BCUT2D eigenvalue weighted by Gasteiger charge is -2.36. The highest BCUT2D eigenvalue weighted by Crippen LogP contribution is 2.62. The molecule has 2 fully saturated rings. The molecular weight excluding hydrogens is 1130 g/mol. The average Bonchev–Trinajstić information content (AvgIpc) is 1.54. The van der Waals surface area contributed by atoms with Gasteiger partial charge in [0.05, 0.1) is 22.5 Å². The largest absolute Gasteiger partial charge is 0.454 e. The fourth-order valence-electron chi connectivity index (χ4n) is 16.9. The predicted molar refractivity (Wildman–Crippen MR) is 388 cm³/mol. The van der Waals surface area contributed by atoms with Gasteiger partial charge in [-0.15, -0.1) is 0 Å². The molecule has 448 valence electrons. The quantitative estimate of drug-likeness (QED) is 0.122. The number of fused-ring (bicyclic) bond motifs is 11. The highest BCUT2D eigenvalue weighted by Gasteiger charge is 2.48. The molecule has 4 nitrogen and oxygen atoms in total. The van der Waals surface area contributed by atoms with E-state index in [4.69, 9.17) is 8.83 Å². The first kappa shape index (κ1) is 55.2. The third-order valence-electron chi connectivity index (χ3n) is 21.1. The SMILES string of the molecule is c1ccc(-c2cccc(N(c3ccc4c(c3)C(c3ccccc3)(c3ccccc3)c3cc(N(c5cccc(-c6ccccc6)c5)c5cccc6c5oc5c(C7CCCCC7)cccc56)c5ccccc5c3-4)c3cccc4c3oc3c(C5CCCCC5)cccc34)c2)cc1. The van der Waals surface area contributed by atoms with Crippen LogP contribution in [0.25, 0.3) is 88.0 Å². The minimum atomic E-state index is -0.822. The Hall–Kier alpha value is -10.7. The molecule has 4 heteroatoms. The van der Waals surface area contributed by atoms with Crippen LogP contribution < -0.4 is 9.80 Å². The summed E-state index contributed by atoms with van der Waals surface area (Å²) in [5.74, 6) is 0.954. The first-order chi connectivity index (χ1) is 46.2. The summed E-state index contributed by atoms with van der Waals surface area (Å²) in [5.41, 5.74) is 23.7. The van der Waals surface area contributed by atoms with E-state index in [-0.39, 0.29) is 0 Å². The number of nitrogens with zero attached hydrogens (tertiary/aromatic N) is 2. The summed E-state index contributed by atoms with van der Waals surface area (Å²) in [6, 6.07) is 109. The molecule has 93 heavy (non-hydrogen) atoms. The number of hydrogen-bond acceptors (Lipinski definition) is 4. The maximum atomic E-state index is 7.51. The molecule has 13 aromatic carbocycles. The summed E-state index contributed by atoms with van der Waals surface area (Å²) in [6.07, 6.45) is 12.4. The van der Waals surface area contributed by atoms with Gasteiger partial charge in [-0.05, 0) is 164 Å². The van der Waals surface area contributed by atoms with Crippen LogP contribution in [0.15, 0.2) is 300 Å². The van der Waals surface area contributed by atoms with Gasteiger partial charge in [0.2, 0.25) is 0 Å². The van der Waals surface area contributed by atoms with Gasteiger partial charge in [0.25, 0.3) is 0 Å². The zero-order valence-electron chi connectivity index (χ0n) is 52.1. The van der Waals surface area contributed by atoms with Crippen molar-refractivity contribution in [2.45, 2.75) is 81.5 Å². The summed E-state index contributed by atoms with van der Waals surface area (Å²) in [6.45, 7) is 0. The molecule has 0 N–H and O–H groups in total. The van der Waals surface area contributed by atoms with E-state index in [2.05, 4.69) is 301 Å². The van der Waals surface area contributed by atoms with Crippen molar-refractivity contribution in [3.05, 3.63) is 325 Å². The molecule has 0 bridgehead atoms. The second kappa shape index (κ2) is 22.9. The monoisotopic (exact) mass is 1200 g/mol. The Bertz CT molecular complexity index is 5260. The molecule has 3 aliphatic carbocycles. The lowest BCUT2D eigenvalue weighted by atomic mass is 9.67. The predicted octanol–water partition coefficient (Wildman–Crippen LogP) is 25.4. The first-order valence-electron chi connectivity index (χ1n) is 33.8. The highest BCUT2D eigenvalue weighted by molar-refractivity contribution is 6.16. The van der Waals surface area contributed by atoms with E-state index in [1.54, 1.807) is 0 Å². The van der Waals surface area contributed by atoms with Crippen molar-refractivity contribution in [2.24, 2.45) is 0 Å². The fraction of sp³-hybridized carbons (Fsp3) is 0.146. The molecule has 0 amide bonds. The smallest absolute Gasteiger partial charge is 0.159 e. The first-order valence-corrected chi connectivity index (χ1v) is 33.8. The van der Waals surface area contributed by atoms with Crippen molar-refractivity contribution in [1.82, 2.24) is 0 Å². The van der Waals surface area contributed by atoms with Gasteiger partial charge in [0.15, 0.2) is 11.2 Å². The third-order valence-corrected chi connectivity index (χ3v) is 21.1. The van der Waals surface area contributed by atoms with Crippen LogP contribution >= 0.6 is 0 Å². The molecule has 0 unspecified atom stereocenters. The van der Waals surface area contributed by atoms with E-state index in [0.29, 0.717) is 11.8 Å². The zero-order chi connectivity index (χ0) is 61.4. The number of anilines is 6. The molecule has 2 aromatic heterocycles. The average molecular weight is 1200 g/mol. The molecule has 2 saturated carbocycles. The van der Waals surface area contributed by atoms with Crippen LogP contribution in [0.1, 0.15) is 109 Å². The van der Waals surface area contributed by atoms with Crippen molar-refractivity contribution < 1.29 is 8.83 Å². The van der Waals surface area contributed by atoms with Gasteiger partial charge in [0.1, 0.15) is 11.2 Å². The number of para-hydroxylation sites is 4. The number of furan rings is 2. The minimum absolute atomic E-state index is 0.474. The van der Waals surface area contributed by atoms with Crippen LogP contribution in [0.3, 0.4) is 0 Å². The molecular formula is C89H70N2O2. The Labute approximate surface area is 543 Å². The second-order valence-electron chi connectivity index (χ2n) is 26.2. The molecule has 3 aliphatic rings. The Morgan fingerprint density at radius 3 is 1.22 bits per heavy atom. The number of rotatable bonds is 12. The number of hydrogen-bond donors (Lipinski definition) is 0. The van der Waals surface area contributed by atoms with Crippen LogP contribution in [0.2, 0.25) is 0 Å². The lowest BCUT2D eigenvalue weighted by molar-refractivity contribution is 0.442. The third kappa shape index (κ3) is 9.08. The van der Waals surface area contributed by atoms with E-state index >= 15 is 0 Å². The molecule has 18 rings (SSSR count). The maximum Gasteiger partial charge on any atom is 0.159 e. The molecule has 15 aromatic rings. The van der Waals surface area contributed by atoms with Gasteiger partial charge < -0.3 is 18.6 Å². The normalized spacial score (nSPS) is 14.9. The summed E-state index contributed by atoms with van der Waals surface area (Å²) < 4.78 is 15.0. The van der Waals surface area contributed by atoms with Crippen molar-refractivity contribution in [1.29, 1.82) is 0 Å². The van der Waals surface area contributed by atoms with Crippen molar-refractivity contribution in [3.8, 4) is 33.4 Å². The summed E-state index contributed by atoms with van der Waals surface area (Å²) in [5, 5.41) is 6.93. The van der Waals surface area contributed by atoms with Crippen molar-refractivity contribution >= 4 is 88.8 Å². The van der Waals surface area contributed by atoms with Gasteiger partial charge >= 0.3 is 0 Å². The Morgan fingerprint density at radius 2 is 0.688 bits per heavy atom. The molecule has 0 aliphatic heterocycles. The Morgan fingerprint density at radius 1 is 0.280 bits per heavy atom. The summed E-state index contributed by atoms with van der Waals surface area (Å²) in [4.78, 5) is 4.99. The second-order valence-corrected chi connectivity index (χ2v) is 26.2. The van der Waals surface area contributed by atoms with Gasteiger partial charge in [-0.25, -0.2) is 0 Å². The van der Waals surface area contributed by atoms with Crippen LogP contribution in [0.5, 0.6) is 0 Å². The van der Waals surface area contributed by atoms with Crippen LogP contribution in [0, 0.1) is 0 Å². The molecule has 0 radical (unpaired) electrons. The van der Waals surface area contributed by atoms with Crippen molar-refractivity contribution in [3.63, 3.8) is 0 Å². The summed E-state index contributed by atoms with van der Waals surface area (Å²) >= 11 is 0. The molecule has 0 saturated heterocycles.